The number of aliphatic hydroxyl groups excluding tert-OH is 1. The lowest BCUT2D eigenvalue weighted by Gasteiger charge is -2.33. The summed E-state index contributed by atoms with van der Waals surface area (Å²) in [7, 11) is 0. The van der Waals surface area contributed by atoms with Crippen molar-refractivity contribution in [1.82, 2.24) is 24.8 Å². The smallest absolute Gasteiger partial charge is 0.434 e. The number of halogens is 4. The summed E-state index contributed by atoms with van der Waals surface area (Å²) in [5.41, 5.74) is -0.477. The molecule has 13 heteroatoms. The van der Waals surface area contributed by atoms with Gasteiger partial charge >= 0.3 is 12.1 Å². The molecule has 1 fully saturated rings. The predicted molar refractivity (Wildman–Crippen MR) is 134 cm³/mol. The number of hydrogen-bond acceptors (Lipinski definition) is 7. The van der Waals surface area contributed by atoms with Gasteiger partial charge in [-0.25, -0.2) is 9.07 Å². The second-order valence-corrected chi connectivity index (χ2v) is 9.72. The van der Waals surface area contributed by atoms with Crippen LogP contribution < -0.4 is 0 Å². The average Bonchev–Trinajstić information content (AvgIpc) is 3.57. The predicted octanol–water partition coefficient (Wildman–Crippen LogP) is 4.97. The first kappa shape index (κ1) is 27.5. The molecule has 40 heavy (non-hydrogen) atoms. The van der Waals surface area contributed by atoms with Gasteiger partial charge in [0.15, 0.2) is 5.69 Å². The van der Waals surface area contributed by atoms with Crippen molar-refractivity contribution in [2.24, 2.45) is 5.92 Å². The number of piperidine rings is 1. The molecule has 2 atom stereocenters. The lowest BCUT2D eigenvalue weighted by molar-refractivity contribution is -0.142. The van der Waals surface area contributed by atoms with E-state index in [2.05, 4.69) is 15.2 Å². The summed E-state index contributed by atoms with van der Waals surface area (Å²) in [5.74, 6) is -1.72. The number of aliphatic hydroxyl groups is 1. The highest BCUT2D eigenvalue weighted by Gasteiger charge is 2.40. The molecule has 0 spiro atoms. The number of carbonyl (C=O) groups is 1. The van der Waals surface area contributed by atoms with Crippen LogP contribution in [0.2, 0.25) is 0 Å². The van der Waals surface area contributed by atoms with Crippen molar-refractivity contribution in [3.8, 4) is 28.5 Å². The number of hydrogen-bond donors (Lipinski definition) is 2. The maximum absolute atomic E-state index is 14.0. The van der Waals surface area contributed by atoms with Crippen LogP contribution in [0.5, 0.6) is 0 Å². The Bertz CT molecular complexity index is 1470. The van der Waals surface area contributed by atoms with Crippen LogP contribution in [0, 0.1) is 11.7 Å². The highest BCUT2D eigenvalue weighted by Crippen LogP contribution is 2.38. The number of nitrogens with zero attached hydrogens (tertiary/aromatic N) is 5. The van der Waals surface area contributed by atoms with E-state index in [-0.39, 0.29) is 29.7 Å². The number of aliphatic carboxylic acids is 1. The zero-order valence-corrected chi connectivity index (χ0v) is 21.1. The maximum atomic E-state index is 14.0. The summed E-state index contributed by atoms with van der Waals surface area (Å²) in [5, 5.41) is 27.4. The van der Waals surface area contributed by atoms with Crippen LogP contribution in [-0.4, -0.2) is 60.6 Å². The van der Waals surface area contributed by atoms with Crippen LogP contribution in [0.3, 0.4) is 0 Å². The average molecular weight is 560 g/mol. The molecule has 0 amide bonds. The van der Waals surface area contributed by atoms with E-state index >= 15 is 0 Å². The maximum Gasteiger partial charge on any atom is 0.434 e. The molecule has 0 aliphatic carbocycles. The molecule has 2 aromatic heterocycles. The Hall–Kier alpha value is -4.10. The summed E-state index contributed by atoms with van der Waals surface area (Å²) in [6.07, 6.45) is -2.87. The number of rotatable bonds is 8. The van der Waals surface area contributed by atoms with Gasteiger partial charge in [0.25, 0.3) is 5.89 Å². The molecule has 0 unspecified atom stereocenters. The van der Waals surface area contributed by atoms with Gasteiger partial charge in [0, 0.05) is 25.1 Å². The van der Waals surface area contributed by atoms with Crippen molar-refractivity contribution in [2.75, 3.05) is 19.6 Å². The first-order chi connectivity index (χ1) is 19.1. The molecule has 0 radical (unpaired) electrons. The molecular formula is C27H25F4N5O4. The van der Waals surface area contributed by atoms with Crippen molar-refractivity contribution in [1.29, 1.82) is 0 Å². The largest absolute Gasteiger partial charge is 0.481 e. The standard InChI is InChI=1S/C27H25F4N5O4/c28-19-7-9-20(10-8-19)36-24(27(29,30)31)21(13-32-36)26-33-25(34-40-26)18-5-3-17(4-6-18)22(37)15-35-11-1-2-16(14-35)12-23(38)39/h3-10,13,16,22,37H,1-2,11-12,14-15H2,(H,38,39)/t16-,22-/m1/s1. The topological polar surface area (TPSA) is 118 Å². The molecule has 0 saturated carbocycles. The molecule has 0 bridgehead atoms. The molecule has 9 nitrogen and oxygen atoms in total. The van der Waals surface area contributed by atoms with E-state index in [0.29, 0.717) is 28.9 Å². The molecule has 1 saturated heterocycles. The summed E-state index contributed by atoms with van der Waals surface area (Å²) in [6, 6.07) is 11.0. The normalized spacial score (nSPS) is 17.2. The SMILES string of the molecule is O=C(O)C[C@H]1CCCN(C[C@@H](O)c2ccc(-c3noc(-c4cnn(-c5ccc(F)cc5)c4C(F)(F)F)n3)cc2)C1. The van der Waals surface area contributed by atoms with E-state index in [1.807, 2.05) is 4.90 Å². The van der Waals surface area contributed by atoms with Crippen LogP contribution in [-0.2, 0) is 11.0 Å². The van der Waals surface area contributed by atoms with E-state index in [1.54, 1.807) is 24.3 Å². The van der Waals surface area contributed by atoms with Gasteiger partial charge in [-0.3, -0.25) is 4.79 Å². The summed E-state index contributed by atoms with van der Waals surface area (Å²) >= 11 is 0. The third-order valence-electron chi connectivity index (χ3n) is 6.82. The molecule has 210 valence electrons. The summed E-state index contributed by atoms with van der Waals surface area (Å²) < 4.78 is 61.1. The Morgan fingerprint density at radius 2 is 1.85 bits per heavy atom. The van der Waals surface area contributed by atoms with Crippen molar-refractivity contribution < 1.29 is 37.1 Å². The number of β-amino-alcohol motifs (C(OH)–C–C–N with tert-alkyl or cyclic N) is 1. The van der Waals surface area contributed by atoms with E-state index in [9.17, 15) is 27.5 Å². The lowest BCUT2D eigenvalue weighted by atomic mass is 9.94. The highest BCUT2D eigenvalue weighted by atomic mass is 19.4. The van der Waals surface area contributed by atoms with Gasteiger partial charge in [0.05, 0.1) is 23.6 Å². The molecule has 5 rings (SSSR count). The van der Waals surface area contributed by atoms with E-state index in [4.69, 9.17) is 9.63 Å². The van der Waals surface area contributed by atoms with Crippen molar-refractivity contribution >= 4 is 5.97 Å². The van der Waals surface area contributed by atoms with Gasteiger partial charge in [-0.2, -0.15) is 23.3 Å². The molecule has 4 aromatic rings. The minimum Gasteiger partial charge on any atom is -0.481 e. The van der Waals surface area contributed by atoms with Crippen LogP contribution in [0.1, 0.15) is 36.6 Å². The Kier molecular flexibility index (Phi) is 7.68. The number of likely N-dealkylation sites (tertiary alicyclic amines) is 1. The fraction of sp³-hybridized carbons (Fsp3) is 0.333. The molecule has 2 aromatic carbocycles. The second-order valence-electron chi connectivity index (χ2n) is 9.72. The molecule has 2 N–H and O–H groups in total. The zero-order valence-electron chi connectivity index (χ0n) is 21.1. The lowest BCUT2D eigenvalue weighted by Crippen LogP contribution is -2.38. The summed E-state index contributed by atoms with van der Waals surface area (Å²) in [4.78, 5) is 17.2. The van der Waals surface area contributed by atoms with Crippen LogP contribution >= 0.6 is 0 Å². The molecule has 1 aliphatic heterocycles. The Labute approximate surface area is 225 Å². The van der Waals surface area contributed by atoms with E-state index in [0.717, 1.165) is 37.7 Å². The van der Waals surface area contributed by atoms with Crippen molar-refractivity contribution in [2.45, 2.75) is 31.5 Å². The van der Waals surface area contributed by atoms with Gasteiger partial charge in [-0.15, -0.1) is 0 Å². The first-order valence-corrected chi connectivity index (χ1v) is 12.6. The Morgan fingerprint density at radius 1 is 1.12 bits per heavy atom. The van der Waals surface area contributed by atoms with Gasteiger partial charge in [-0.1, -0.05) is 29.4 Å². The van der Waals surface area contributed by atoms with E-state index < -0.39 is 35.3 Å². The monoisotopic (exact) mass is 559 g/mol. The van der Waals surface area contributed by atoms with Gasteiger partial charge < -0.3 is 19.6 Å². The number of benzene rings is 2. The van der Waals surface area contributed by atoms with Crippen LogP contribution in [0.4, 0.5) is 17.6 Å². The van der Waals surface area contributed by atoms with Crippen molar-refractivity contribution in [3.05, 3.63) is 71.8 Å². The van der Waals surface area contributed by atoms with E-state index in [1.165, 1.54) is 12.1 Å². The molecular weight excluding hydrogens is 534 g/mol. The Balaban J connectivity index is 1.32. The fourth-order valence-electron chi connectivity index (χ4n) is 4.94. The quantitative estimate of drug-likeness (QED) is 0.291. The highest BCUT2D eigenvalue weighted by molar-refractivity contribution is 5.67. The number of carboxylic acid groups (broad SMARTS) is 1. The molecule has 3 heterocycles. The minimum atomic E-state index is -4.82. The number of aromatic nitrogens is 4. The number of alkyl halides is 3. The second kappa shape index (κ2) is 11.2. The first-order valence-electron chi connectivity index (χ1n) is 12.6. The minimum absolute atomic E-state index is 0.0100. The number of carboxylic acids is 1. The summed E-state index contributed by atoms with van der Waals surface area (Å²) in [6.45, 7) is 1.72. The molecule has 1 aliphatic rings. The third kappa shape index (κ3) is 6.05. The van der Waals surface area contributed by atoms with Crippen LogP contribution in [0.15, 0.2) is 59.3 Å². The Morgan fingerprint density at radius 3 is 2.52 bits per heavy atom. The van der Waals surface area contributed by atoms with Gasteiger partial charge in [-0.05, 0) is 55.1 Å². The van der Waals surface area contributed by atoms with Crippen molar-refractivity contribution in [3.63, 3.8) is 0 Å². The zero-order chi connectivity index (χ0) is 28.4. The van der Waals surface area contributed by atoms with Gasteiger partial charge in [0.1, 0.15) is 5.82 Å². The third-order valence-corrected chi connectivity index (χ3v) is 6.82. The van der Waals surface area contributed by atoms with Gasteiger partial charge in [0.2, 0.25) is 5.82 Å². The fourth-order valence-corrected chi connectivity index (χ4v) is 4.94. The van der Waals surface area contributed by atoms with Crippen LogP contribution in [0.25, 0.3) is 28.5 Å².